The van der Waals surface area contributed by atoms with Gasteiger partial charge in [0.25, 0.3) is 0 Å². The fourth-order valence-corrected chi connectivity index (χ4v) is 12.1. The Hall–Kier alpha value is -0.333. The van der Waals surface area contributed by atoms with Crippen molar-refractivity contribution in [3.63, 3.8) is 0 Å². The summed E-state index contributed by atoms with van der Waals surface area (Å²) < 4.78 is 52.4. The number of Topliss-reactive ketones (excluding diaryl/α,β-unsaturated/α-hetero) is 1. The number of carbonyl (C=O) groups excluding carboxylic acids is 1. The lowest BCUT2D eigenvalue weighted by Gasteiger charge is -2.48. The van der Waals surface area contributed by atoms with Crippen LogP contribution in [0.3, 0.4) is 0 Å². The molecule has 0 radical (unpaired) electrons. The lowest BCUT2D eigenvalue weighted by molar-refractivity contribution is -0.135. The Morgan fingerprint density at radius 3 is 1.45 bits per heavy atom. The predicted molar refractivity (Wildman–Crippen MR) is 250 cm³/mol. The number of nitrogens with zero attached hydrogens (tertiary/aromatic N) is 2. The molecule has 340 valence electrons. The van der Waals surface area contributed by atoms with E-state index in [4.69, 9.17) is 4.74 Å². The van der Waals surface area contributed by atoms with Crippen LogP contribution >= 0.6 is 0 Å². The first-order valence-corrected chi connectivity index (χ1v) is 30.2. The molecule has 56 heavy (non-hydrogen) atoms. The summed E-state index contributed by atoms with van der Waals surface area (Å²) in [5, 5.41) is 0. The van der Waals surface area contributed by atoms with Gasteiger partial charge in [-0.15, -0.1) is 0 Å². The maximum atomic E-state index is 11.5. The van der Waals surface area contributed by atoms with E-state index < -0.39 is 27.9 Å². The van der Waals surface area contributed by atoms with Gasteiger partial charge in [0.1, 0.15) is 15.6 Å². The third kappa shape index (κ3) is 34.5. The minimum absolute atomic E-state index is 0.307. The van der Waals surface area contributed by atoms with E-state index in [0.717, 1.165) is 77.2 Å². The van der Waals surface area contributed by atoms with Crippen LogP contribution in [-0.4, -0.2) is 103 Å². The Morgan fingerprint density at radius 1 is 0.571 bits per heavy atom. The molecule has 8 nitrogen and oxygen atoms in total. The molecule has 0 bridgehead atoms. The van der Waals surface area contributed by atoms with Gasteiger partial charge in [-0.05, 0) is 45.7 Å². The molecule has 1 heterocycles. The number of sulfone groups is 1. The number of sulfonamides is 1. The quantitative estimate of drug-likeness (QED) is 0.0490. The number of unbranched alkanes of at least 4 members (excludes halogenated alkanes) is 14. The number of likely N-dealkylation sites (N-methyl/N-ethyl adjacent to an activating group) is 1. The van der Waals surface area contributed by atoms with Crippen molar-refractivity contribution in [1.82, 2.24) is 9.21 Å². The third-order valence-electron chi connectivity index (χ3n) is 10.9. The van der Waals surface area contributed by atoms with Gasteiger partial charge in [0.15, 0.2) is 0 Å². The molecule has 0 aromatic rings. The molecule has 11 heteroatoms. The smallest absolute Gasteiger partial charge is 0.213 e. The van der Waals surface area contributed by atoms with Crippen LogP contribution in [0.2, 0.25) is 25.2 Å². The Bertz CT molecular complexity index is 1100. The fourth-order valence-electron chi connectivity index (χ4n) is 6.71. The molecule has 1 fully saturated rings. The molecule has 0 aliphatic carbocycles. The highest BCUT2D eigenvalue weighted by Gasteiger charge is 2.40. The van der Waals surface area contributed by atoms with Crippen molar-refractivity contribution in [2.75, 3.05) is 57.7 Å². The maximum Gasteiger partial charge on any atom is 0.213 e. The van der Waals surface area contributed by atoms with Crippen molar-refractivity contribution >= 4 is 33.7 Å². The van der Waals surface area contributed by atoms with Gasteiger partial charge < -0.3 is 9.53 Å². The molecular formula is C45H98N2O6S2Si. The highest BCUT2D eigenvalue weighted by molar-refractivity contribution is 7.91. The molecule has 1 rings (SSSR count). The lowest BCUT2D eigenvalue weighted by atomic mass is 9.88. The second-order valence-electron chi connectivity index (χ2n) is 17.2. The number of hydrogen-bond acceptors (Lipinski definition) is 7. The number of hydrogen-bond donors (Lipinski definition) is 0. The molecule has 0 saturated carbocycles. The Labute approximate surface area is 352 Å². The highest BCUT2D eigenvalue weighted by Crippen LogP contribution is 2.30. The summed E-state index contributed by atoms with van der Waals surface area (Å²) in [6.07, 6.45) is 25.7. The third-order valence-corrected chi connectivity index (χ3v) is 17.9. The van der Waals surface area contributed by atoms with Crippen LogP contribution in [0.4, 0.5) is 0 Å². The zero-order chi connectivity index (χ0) is 43.4. The molecule has 1 aliphatic rings. The minimum Gasteiger partial charge on any atom is -0.377 e. The second kappa shape index (κ2) is 37.7. The van der Waals surface area contributed by atoms with E-state index in [2.05, 4.69) is 66.6 Å². The Kier molecular flexibility index (Phi) is 40.3. The molecule has 0 N–H and O–H groups in total. The van der Waals surface area contributed by atoms with Crippen LogP contribution in [0.5, 0.6) is 0 Å². The molecule has 0 aromatic carbocycles. The fraction of sp³-hybridized carbons (Fsp3) is 0.978. The van der Waals surface area contributed by atoms with Gasteiger partial charge >= 0.3 is 0 Å². The molecule has 1 saturated heterocycles. The van der Waals surface area contributed by atoms with Crippen LogP contribution in [0.15, 0.2) is 0 Å². The first kappa shape index (κ1) is 60.0. The van der Waals surface area contributed by atoms with Gasteiger partial charge in [-0.25, -0.2) is 21.1 Å². The number of ketones is 1. The van der Waals surface area contributed by atoms with Gasteiger partial charge in [0, 0.05) is 31.8 Å². The van der Waals surface area contributed by atoms with Crippen molar-refractivity contribution < 1.29 is 26.4 Å². The van der Waals surface area contributed by atoms with E-state index in [1.165, 1.54) is 100 Å². The van der Waals surface area contributed by atoms with Gasteiger partial charge in [0.05, 0.1) is 38.3 Å². The number of ether oxygens (including phenoxy) is 1. The molecule has 0 aromatic heterocycles. The van der Waals surface area contributed by atoms with E-state index in [1.807, 2.05) is 13.8 Å². The molecule has 0 spiro atoms. The lowest BCUT2D eigenvalue weighted by Crippen LogP contribution is -2.60. The molecular weight excluding hydrogens is 757 g/mol. The summed E-state index contributed by atoms with van der Waals surface area (Å²) in [7, 11) is -3.00. The second-order valence-corrected chi connectivity index (χ2v) is 26.9. The van der Waals surface area contributed by atoms with E-state index >= 15 is 0 Å². The normalized spacial score (nSPS) is 13.9. The van der Waals surface area contributed by atoms with Crippen LogP contribution in [0.25, 0.3) is 0 Å². The molecule has 0 unspecified atom stereocenters. The van der Waals surface area contributed by atoms with E-state index in [1.54, 1.807) is 7.05 Å². The van der Waals surface area contributed by atoms with Crippen molar-refractivity contribution in [2.45, 2.75) is 227 Å². The van der Waals surface area contributed by atoms with E-state index in [9.17, 15) is 21.6 Å². The molecule has 0 amide bonds. The van der Waals surface area contributed by atoms with Crippen LogP contribution in [-0.2, 0) is 29.4 Å². The minimum atomic E-state index is -2.96. The Morgan fingerprint density at radius 2 is 1.04 bits per heavy atom. The van der Waals surface area contributed by atoms with Crippen LogP contribution in [0.1, 0.15) is 197 Å². The topological polar surface area (TPSA) is 101 Å². The average molecular weight is 856 g/mol. The summed E-state index contributed by atoms with van der Waals surface area (Å²) in [5.74, 6) is 1.56. The molecule has 0 atom stereocenters. The summed E-state index contributed by atoms with van der Waals surface area (Å²) in [6, 6.07) is 2.24. The largest absolute Gasteiger partial charge is 0.377 e. The maximum absolute atomic E-state index is 11.5. The molecule has 1 aliphatic heterocycles. The summed E-state index contributed by atoms with van der Waals surface area (Å²) in [5.41, 5.74) is 0.390. The average Bonchev–Trinajstić information content (AvgIpc) is 3.12. The van der Waals surface area contributed by atoms with Crippen molar-refractivity contribution in [2.24, 2.45) is 0 Å². The standard InChI is InChI=1S/C13H27NO.C12H26OSi.C10H23NO2S.C10H22O2S/c1-4-6-7-8-9-10-13(11-15-12-13)14(3)5-2;1-5-7-8-10-14(3,4)11-12(13)9-6-2;1-4-6-7-8-9-10-14(12,13)11(3)5-2;1-3-5-6-7-8-10-13(11,12)9-4-2/h4-12H2,1-3H3;5-11H2,1-4H3;4-10H2,1-3H3;3-10H2,1-2H3. The van der Waals surface area contributed by atoms with Crippen molar-refractivity contribution in [1.29, 1.82) is 0 Å². The monoisotopic (exact) mass is 855 g/mol. The number of carbonyl (C=O) groups is 1. The van der Waals surface area contributed by atoms with Crippen molar-refractivity contribution in [3.05, 3.63) is 0 Å². The zero-order valence-corrected chi connectivity index (χ0v) is 42.2. The number of rotatable bonds is 32. The summed E-state index contributed by atoms with van der Waals surface area (Å²) >= 11 is 0. The van der Waals surface area contributed by atoms with Gasteiger partial charge in [-0.3, -0.25) is 4.90 Å². The van der Waals surface area contributed by atoms with Gasteiger partial charge in [-0.1, -0.05) is 177 Å². The first-order chi connectivity index (χ1) is 26.4. The van der Waals surface area contributed by atoms with E-state index in [0.29, 0.717) is 35.1 Å². The first-order valence-electron chi connectivity index (χ1n) is 23.4. The highest BCUT2D eigenvalue weighted by atomic mass is 32.2. The van der Waals surface area contributed by atoms with Crippen LogP contribution in [0, 0.1) is 0 Å². The van der Waals surface area contributed by atoms with Crippen molar-refractivity contribution in [3.8, 4) is 0 Å². The zero-order valence-electron chi connectivity index (χ0n) is 39.6. The SMILES string of the molecule is CCCCCCCC1(N(C)CC)COC1.CCCCCCCS(=O)(=O)CCC.CCCCCCCS(=O)(=O)N(C)CC.CCCCC[Si](C)(C)CC(=O)CCC. The predicted octanol–water partition coefficient (Wildman–Crippen LogP) is 12.3. The van der Waals surface area contributed by atoms with E-state index in [-0.39, 0.29) is 0 Å². The summed E-state index contributed by atoms with van der Waals surface area (Å²) in [6.45, 7) is 25.2. The summed E-state index contributed by atoms with van der Waals surface area (Å²) in [4.78, 5) is 14.0. The van der Waals surface area contributed by atoms with Crippen LogP contribution < -0.4 is 0 Å². The Balaban J connectivity index is -0.000000670. The van der Waals surface area contributed by atoms with Gasteiger partial charge in [-0.2, -0.15) is 0 Å². The van der Waals surface area contributed by atoms with Gasteiger partial charge in [0.2, 0.25) is 10.0 Å².